The second-order valence-corrected chi connectivity index (χ2v) is 11.1. The molecule has 0 aromatic heterocycles. The summed E-state index contributed by atoms with van der Waals surface area (Å²) in [4.78, 5) is 0. The molecule has 0 amide bonds. The maximum Gasteiger partial charge on any atom is 0.344 e. The Morgan fingerprint density at radius 2 is 1.42 bits per heavy atom. The lowest BCUT2D eigenvalue weighted by molar-refractivity contribution is 0.175. The first-order chi connectivity index (χ1) is 9.03. The van der Waals surface area contributed by atoms with Crippen LogP contribution in [-0.4, -0.2) is 22.8 Å². The molecule has 2 fully saturated rings. The fraction of sp³-hybridized carbons (Fsp3) is 1.00. The van der Waals surface area contributed by atoms with Crippen LogP contribution < -0.4 is 0 Å². The summed E-state index contributed by atoms with van der Waals surface area (Å²) >= 11 is 0. The van der Waals surface area contributed by atoms with Gasteiger partial charge in [0.1, 0.15) is 0 Å². The molecule has 0 aromatic rings. The van der Waals surface area contributed by atoms with Gasteiger partial charge < -0.3 is 8.85 Å². The van der Waals surface area contributed by atoms with E-state index in [-0.39, 0.29) is 0 Å². The lowest BCUT2D eigenvalue weighted by Gasteiger charge is -2.45. The molecular weight excluding hydrogens is 252 g/mol. The lowest BCUT2D eigenvalue weighted by Crippen LogP contribution is -2.52. The van der Waals surface area contributed by atoms with Crippen molar-refractivity contribution in [3.8, 4) is 0 Å². The minimum Gasteiger partial charge on any atom is -0.397 e. The number of hydrogen-bond acceptors (Lipinski definition) is 2. The van der Waals surface area contributed by atoms with Gasteiger partial charge in [0.2, 0.25) is 0 Å². The van der Waals surface area contributed by atoms with Gasteiger partial charge >= 0.3 is 8.56 Å². The summed E-state index contributed by atoms with van der Waals surface area (Å²) < 4.78 is 12.4. The maximum atomic E-state index is 6.19. The van der Waals surface area contributed by atoms with Crippen molar-refractivity contribution in [2.75, 3.05) is 14.2 Å². The van der Waals surface area contributed by atoms with Crippen molar-refractivity contribution >= 4 is 8.56 Å². The molecule has 4 atom stereocenters. The Morgan fingerprint density at radius 1 is 0.842 bits per heavy atom. The molecule has 2 nitrogen and oxygen atoms in total. The standard InChI is InChI=1S/C16H32O2Si/c1-12-9-13(2)11-15(10-12)19(17-4,18-5)16-8-6-7-14(16)3/h12-16H,6-11H2,1-5H3. The van der Waals surface area contributed by atoms with E-state index in [4.69, 9.17) is 8.85 Å². The highest BCUT2D eigenvalue weighted by Crippen LogP contribution is 2.53. The molecule has 4 unspecified atom stereocenters. The van der Waals surface area contributed by atoms with Gasteiger partial charge in [0.15, 0.2) is 0 Å². The van der Waals surface area contributed by atoms with Crippen LogP contribution in [0.3, 0.4) is 0 Å². The van der Waals surface area contributed by atoms with Gasteiger partial charge in [-0.15, -0.1) is 0 Å². The zero-order valence-corrected chi connectivity index (χ0v) is 14.4. The first-order valence-electron chi connectivity index (χ1n) is 8.13. The first kappa shape index (κ1) is 15.5. The van der Waals surface area contributed by atoms with Gasteiger partial charge in [0.05, 0.1) is 0 Å². The lowest BCUT2D eigenvalue weighted by atomic mass is 9.83. The number of rotatable bonds is 4. The molecule has 2 saturated carbocycles. The first-order valence-corrected chi connectivity index (χ1v) is 10.1. The van der Waals surface area contributed by atoms with Crippen LogP contribution in [0.25, 0.3) is 0 Å². The van der Waals surface area contributed by atoms with E-state index in [0.29, 0.717) is 11.1 Å². The van der Waals surface area contributed by atoms with Crippen LogP contribution in [0.1, 0.15) is 59.3 Å². The topological polar surface area (TPSA) is 18.5 Å². The van der Waals surface area contributed by atoms with Crippen LogP contribution in [-0.2, 0) is 8.85 Å². The highest BCUT2D eigenvalue weighted by atomic mass is 28.4. The van der Waals surface area contributed by atoms with Crippen molar-refractivity contribution in [2.45, 2.75) is 70.4 Å². The minimum absolute atomic E-state index is 0.701. The van der Waals surface area contributed by atoms with Crippen LogP contribution in [0.4, 0.5) is 0 Å². The van der Waals surface area contributed by atoms with Gasteiger partial charge in [-0.05, 0) is 43.4 Å². The van der Waals surface area contributed by atoms with Crippen molar-refractivity contribution < 1.29 is 8.85 Å². The van der Waals surface area contributed by atoms with E-state index in [0.717, 1.165) is 17.8 Å². The Morgan fingerprint density at radius 3 is 1.84 bits per heavy atom. The van der Waals surface area contributed by atoms with Crippen molar-refractivity contribution in [3.63, 3.8) is 0 Å². The summed E-state index contributed by atoms with van der Waals surface area (Å²) in [7, 11) is 1.79. The van der Waals surface area contributed by atoms with Crippen molar-refractivity contribution in [1.82, 2.24) is 0 Å². The van der Waals surface area contributed by atoms with Gasteiger partial charge in [-0.1, -0.05) is 33.6 Å². The molecule has 19 heavy (non-hydrogen) atoms. The van der Waals surface area contributed by atoms with Crippen LogP contribution >= 0.6 is 0 Å². The van der Waals surface area contributed by atoms with E-state index in [2.05, 4.69) is 20.8 Å². The third kappa shape index (κ3) is 2.93. The number of hydrogen-bond donors (Lipinski definition) is 0. The van der Waals surface area contributed by atoms with E-state index in [1.807, 2.05) is 14.2 Å². The van der Waals surface area contributed by atoms with E-state index in [1.54, 1.807) is 0 Å². The largest absolute Gasteiger partial charge is 0.397 e. The smallest absolute Gasteiger partial charge is 0.344 e. The van der Waals surface area contributed by atoms with Crippen LogP contribution in [0.5, 0.6) is 0 Å². The average Bonchev–Trinajstić information content (AvgIpc) is 2.78. The van der Waals surface area contributed by atoms with Crippen LogP contribution in [0.15, 0.2) is 0 Å². The molecule has 0 spiro atoms. The summed E-state index contributed by atoms with van der Waals surface area (Å²) in [6.45, 7) is 7.23. The van der Waals surface area contributed by atoms with Crippen LogP contribution in [0.2, 0.25) is 11.1 Å². The zero-order chi connectivity index (χ0) is 14.0. The van der Waals surface area contributed by atoms with Crippen molar-refractivity contribution in [1.29, 1.82) is 0 Å². The molecule has 0 heterocycles. The summed E-state index contributed by atoms with van der Waals surface area (Å²) in [5.74, 6) is 2.46. The van der Waals surface area contributed by atoms with Gasteiger partial charge in [-0.25, -0.2) is 0 Å². The molecule has 3 heteroatoms. The van der Waals surface area contributed by atoms with Crippen molar-refractivity contribution in [3.05, 3.63) is 0 Å². The predicted octanol–water partition coefficient (Wildman–Crippen LogP) is 4.74. The highest BCUT2D eigenvalue weighted by molar-refractivity contribution is 6.70. The highest BCUT2D eigenvalue weighted by Gasteiger charge is 2.55. The Labute approximate surface area is 120 Å². The molecule has 0 radical (unpaired) electrons. The maximum absolute atomic E-state index is 6.19. The fourth-order valence-corrected chi connectivity index (χ4v) is 10.1. The molecule has 2 aliphatic carbocycles. The van der Waals surface area contributed by atoms with E-state index < -0.39 is 8.56 Å². The molecule has 0 bridgehead atoms. The quantitative estimate of drug-likeness (QED) is 0.694. The molecule has 2 aliphatic rings. The summed E-state index contributed by atoms with van der Waals surface area (Å²) in [6.07, 6.45) is 8.08. The second kappa shape index (κ2) is 6.27. The molecule has 0 aliphatic heterocycles. The van der Waals surface area contributed by atoms with Gasteiger partial charge in [-0.2, -0.15) is 0 Å². The normalized spacial score (nSPS) is 40.6. The SMILES string of the molecule is CO[Si](OC)(C1CC(C)CC(C)C1)C1CCCC1C. The molecule has 112 valence electrons. The molecule has 2 rings (SSSR count). The molecule has 0 N–H and O–H groups in total. The Balaban J connectivity index is 2.22. The average molecular weight is 285 g/mol. The van der Waals surface area contributed by atoms with E-state index >= 15 is 0 Å². The Kier molecular flexibility index (Phi) is 5.13. The van der Waals surface area contributed by atoms with Crippen molar-refractivity contribution in [2.24, 2.45) is 17.8 Å². The third-order valence-electron chi connectivity index (χ3n) is 5.76. The van der Waals surface area contributed by atoms with Gasteiger partial charge in [-0.3, -0.25) is 0 Å². The summed E-state index contributed by atoms with van der Waals surface area (Å²) in [5, 5.41) is 0. The van der Waals surface area contributed by atoms with E-state index in [9.17, 15) is 0 Å². The molecule has 0 aromatic carbocycles. The summed E-state index contributed by atoms with van der Waals surface area (Å²) in [6, 6.07) is 0. The van der Waals surface area contributed by atoms with Gasteiger partial charge in [0, 0.05) is 25.3 Å². The Hall–Kier alpha value is 0.137. The van der Waals surface area contributed by atoms with Gasteiger partial charge in [0.25, 0.3) is 0 Å². The molecular formula is C16H32O2Si. The molecule has 0 saturated heterocycles. The summed E-state index contributed by atoms with van der Waals surface area (Å²) in [5.41, 5.74) is 1.41. The predicted molar refractivity (Wildman–Crippen MR) is 82.5 cm³/mol. The van der Waals surface area contributed by atoms with E-state index in [1.165, 1.54) is 38.5 Å². The van der Waals surface area contributed by atoms with Crippen LogP contribution in [0, 0.1) is 17.8 Å². The zero-order valence-electron chi connectivity index (χ0n) is 13.4. The Bertz CT molecular complexity index is 280. The fourth-order valence-electron chi connectivity index (χ4n) is 5.04. The monoisotopic (exact) mass is 284 g/mol. The minimum atomic E-state index is -2.06. The second-order valence-electron chi connectivity index (χ2n) is 7.26. The third-order valence-corrected chi connectivity index (χ3v) is 10.5.